The summed E-state index contributed by atoms with van der Waals surface area (Å²) in [6, 6.07) is 6.76. The summed E-state index contributed by atoms with van der Waals surface area (Å²) in [5.41, 5.74) is 0.635. The molecule has 23 heavy (non-hydrogen) atoms. The molecular weight excluding hydrogens is 338 g/mol. The molecule has 0 aromatic heterocycles. The van der Waals surface area contributed by atoms with Gasteiger partial charge in [-0.1, -0.05) is 26.0 Å². The number of halogens is 1. The highest BCUT2D eigenvalue weighted by Crippen LogP contribution is 2.16. The van der Waals surface area contributed by atoms with Gasteiger partial charge in [-0.05, 0) is 32.0 Å². The summed E-state index contributed by atoms with van der Waals surface area (Å²) in [6.07, 6.45) is 0.518. The zero-order chi connectivity index (χ0) is 16.6. The molecule has 0 saturated heterocycles. The molecule has 0 aliphatic heterocycles. The maximum atomic E-state index is 12.2. The van der Waals surface area contributed by atoms with Gasteiger partial charge in [0.15, 0.2) is 0 Å². The first kappa shape index (κ1) is 21.7. The van der Waals surface area contributed by atoms with Gasteiger partial charge in [-0.2, -0.15) is 0 Å². The van der Waals surface area contributed by atoms with Crippen LogP contribution in [-0.4, -0.2) is 39.2 Å². The zero-order valence-corrected chi connectivity index (χ0v) is 15.4. The van der Waals surface area contributed by atoms with Crippen LogP contribution in [0.25, 0.3) is 0 Å². The van der Waals surface area contributed by atoms with E-state index >= 15 is 0 Å². The fraction of sp³-hybridized carbons (Fsp3) is 0.533. The minimum atomic E-state index is -3.42. The molecule has 0 radical (unpaired) electrons. The van der Waals surface area contributed by atoms with Crippen LogP contribution in [0.1, 0.15) is 37.6 Å². The van der Waals surface area contributed by atoms with Crippen molar-refractivity contribution in [1.82, 2.24) is 10.6 Å². The maximum absolute atomic E-state index is 12.2. The molecule has 0 fully saturated rings. The number of para-hydroxylation sites is 1. The highest BCUT2D eigenvalue weighted by atomic mass is 35.5. The van der Waals surface area contributed by atoms with E-state index in [0.29, 0.717) is 24.2 Å². The van der Waals surface area contributed by atoms with Gasteiger partial charge in [-0.25, -0.2) is 8.42 Å². The summed E-state index contributed by atoms with van der Waals surface area (Å²) >= 11 is 0. The molecule has 3 N–H and O–H groups in total. The fourth-order valence-corrected chi connectivity index (χ4v) is 3.17. The normalized spacial score (nSPS) is 12.1. The number of anilines is 1. The first-order valence-electron chi connectivity index (χ1n) is 7.50. The number of hydrogen-bond donors (Lipinski definition) is 3. The minimum Gasteiger partial charge on any atom is -0.350 e. The quantitative estimate of drug-likeness (QED) is 0.626. The molecule has 0 heterocycles. The van der Waals surface area contributed by atoms with Gasteiger partial charge < -0.3 is 10.6 Å². The van der Waals surface area contributed by atoms with Crippen molar-refractivity contribution in [3.63, 3.8) is 0 Å². The third-order valence-electron chi connectivity index (χ3n) is 3.03. The largest absolute Gasteiger partial charge is 0.350 e. The lowest BCUT2D eigenvalue weighted by Gasteiger charge is -2.15. The molecule has 0 unspecified atom stereocenters. The second-order valence-electron chi connectivity index (χ2n) is 5.14. The van der Waals surface area contributed by atoms with Crippen molar-refractivity contribution in [2.75, 3.05) is 23.6 Å². The van der Waals surface area contributed by atoms with Crippen LogP contribution >= 0.6 is 12.4 Å². The van der Waals surface area contributed by atoms with Crippen molar-refractivity contribution >= 4 is 34.0 Å². The van der Waals surface area contributed by atoms with Crippen molar-refractivity contribution in [3.05, 3.63) is 29.8 Å². The fourth-order valence-electron chi connectivity index (χ4n) is 2.02. The van der Waals surface area contributed by atoms with Gasteiger partial charge >= 0.3 is 0 Å². The smallest absolute Gasteiger partial charge is 0.253 e. The number of benzene rings is 1. The van der Waals surface area contributed by atoms with E-state index in [1.165, 1.54) is 0 Å². The summed E-state index contributed by atoms with van der Waals surface area (Å²) in [5, 5.41) is 6.00. The molecule has 1 aromatic carbocycles. The lowest BCUT2D eigenvalue weighted by molar-refractivity contribution is 0.0951. The Kier molecular flexibility index (Phi) is 9.87. The van der Waals surface area contributed by atoms with E-state index in [1.807, 2.05) is 13.8 Å². The third kappa shape index (κ3) is 7.67. The van der Waals surface area contributed by atoms with Gasteiger partial charge in [0.05, 0.1) is 17.0 Å². The molecule has 132 valence electrons. The van der Waals surface area contributed by atoms with E-state index in [0.717, 1.165) is 6.54 Å². The van der Waals surface area contributed by atoms with Crippen LogP contribution < -0.4 is 15.4 Å². The Labute approximate surface area is 144 Å². The van der Waals surface area contributed by atoms with Gasteiger partial charge in [0.2, 0.25) is 10.0 Å². The second-order valence-corrected chi connectivity index (χ2v) is 6.98. The van der Waals surface area contributed by atoms with Gasteiger partial charge in [0.25, 0.3) is 5.91 Å². The van der Waals surface area contributed by atoms with E-state index in [4.69, 9.17) is 0 Å². The Hall–Kier alpha value is -1.31. The Morgan fingerprint density at radius 3 is 2.48 bits per heavy atom. The Morgan fingerprint density at radius 1 is 1.22 bits per heavy atom. The predicted molar refractivity (Wildman–Crippen MR) is 96.9 cm³/mol. The van der Waals surface area contributed by atoms with Crippen molar-refractivity contribution in [2.45, 2.75) is 33.2 Å². The summed E-state index contributed by atoms with van der Waals surface area (Å²) in [6.45, 7) is 7.06. The topological polar surface area (TPSA) is 87.3 Å². The molecule has 6 nitrogen and oxygen atoms in total. The van der Waals surface area contributed by atoms with Crippen molar-refractivity contribution in [3.8, 4) is 0 Å². The molecular formula is C15H26ClN3O3S. The summed E-state index contributed by atoms with van der Waals surface area (Å²) in [4.78, 5) is 12.2. The summed E-state index contributed by atoms with van der Waals surface area (Å²) < 4.78 is 26.2. The van der Waals surface area contributed by atoms with Gasteiger partial charge in [-0.3, -0.25) is 9.52 Å². The Bertz CT molecular complexity index is 593. The zero-order valence-electron chi connectivity index (χ0n) is 13.8. The van der Waals surface area contributed by atoms with Gasteiger partial charge in [0, 0.05) is 12.6 Å². The predicted octanol–water partition coefficient (Wildman–Crippen LogP) is 1.99. The molecule has 0 spiro atoms. The van der Waals surface area contributed by atoms with Crippen molar-refractivity contribution in [1.29, 1.82) is 0 Å². The van der Waals surface area contributed by atoms with Crippen molar-refractivity contribution < 1.29 is 13.2 Å². The third-order valence-corrected chi connectivity index (χ3v) is 4.51. The number of sulfonamides is 1. The highest BCUT2D eigenvalue weighted by molar-refractivity contribution is 7.92. The molecule has 1 aromatic rings. The number of carbonyl (C=O) groups excluding carboxylic acids is 1. The van der Waals surface area contributed by atoms with Crippen LogP contribution in [0.5, 0.6) is 0 Å². The molecule has 0 bridgehead atoms. The molecule has 8 heteroatoms. The van der Waals surface area contributed by atoms with E-state index < -0.39 is 10.0 Å². The summed E-state index contributed by atoms with van der Waals surface area (Å²) in [5.74, 6) is -0.264. The summed E-state index contributed by atoms with van der Waals surface area (Å²) in [7, 11) is -3.42. The lowest BCUT2D eigenvalue weighted by Crippen LogP contribution is -2.39. The number of nitrogens with one attached hydrogen (secondary N) is 3. The average Bonchev–Trinajstić information content (AvgIpc) is 2.45. The maximum Gasteiger partial charge on any atom is 0.253 e. The van der Waals surface area contributed by atoms with Crippen molar-refractivity contribution in [2.24, 2.45) is 0 Å². The van der Waals surface area contributed by atoms with E-state index in [1.54, 1.807) is 31.2 Å². The standard InChI is InChI=1S/C15H25N3O3S.ClH/c1-4-10-22(20,21)18-14-9-7-6-8-13(14)15(19)17-11-12(3)16-5-2;/h6-9,12,16,18H,4-5,10-11H2,1-3H3,(H,17,19);1H/t12-;/m1./s1. The monoisotopic (exact) mass is 363 g/mol. The van der Waals surface area contributed by atoms with E-state index in [2.05, 4.69) is 15.4 Å². The van der Waals surface area contributed by atoms with Gasteiger partial charge in [0.1, 0.15) is 0 Å². The highest BCUT2D eigenvalue weighted by Gasteiger charge is 2.16. The number of amides is 1. The SMILES string of the molecule is CCCS(=O)(=O)Nc1ccccc1C(=O)NC[C@@H](C)NCC.Cl. The molecule has 0 aliphatic carbocycles. The second kappa shape index (κ2) is 10.5. The number of hydrogen-bond acceptors (Lipinski definition) is 4. The van der Waals surface area contributed by atoms with Crippen LogP contribution in [0, 0.1) is 0 Å². The first-order valence-corrected chi connectivity index (χ1v) is 9.16. The van der Waals surface area contributed by atoms with Crippen LogP contribution in [0.2, 0.25) is 0 Å². The molecule has 1 amide bonds. The van der Waals surface area contributed by atoms with Crippen LogP contribution in [0.4, 0.5) is 5.69 Å². The lowest BCUT2D eigenvalue weighted by atomic mass is 10.1. The molecule has 0 aliphatic rings. The van der Waals surface area contributed by atoms with Crippen LogP contribution in [0.3, 0.4) is 0 Å². The molecule has 1 atom stereocenters. The number of rotatable bonds is 9. The molecule has 1 rings (SSSR count). The first-order chi connectivity index (χ1) is 10.4. The minimum absolute atomic E-state index is 0. The Morgan fingerprint density at radius 2 is 1.87 bits per heavy atom. The average molecular weight is 364 g/mol. The molecule has 0 saturated carbocycles. The van der Waals surface area contributed by atoms with E-state index in [-0.39, 0.29) is 30.1 Å². The van der Waals surface area contributed by atoms with E-state index in [9.17, 15) is 13.2 Å². The Balaban J connectivity index is 0.00000484. The van der Waals surface area contributed by atoms with Gasteiger partial charge in [-0.15, -0.1) is 12.4 Å². The van der Waals surface area contributed by atoms with Crippen LogP contribution in [-0.2, 0) is 10.0 Å². The van der Waals surface area contributed by atoms with Crippen LogP contribution in [0.15, 0.2) is 24.3 Å². The number of likely N-dealkylation sites (N-methyl/N-ethyl adjacent to an activating group) is 1. The number of carbonyl (C=O) groups is 1.